The van der Waals surface area contributed by atoms with Gasteiger partial charge in [-0.2, -0.15) is 0 Å². The van der Waals surface area contributed by atoms with E-state index in [1.165, 1.54) is 0 Å². The van der Waals surface area contributed by atoms with E-state index in [1.807, 2.05) is 0 Å². The molecule has 2 N–H and O–H groups in total. The number of Topliss-reactive ketones (excluding diaryl/α,β-unsaturated/α-hetero) is 1. The summed E-state index contributed by atoms with van der Waals surface area (Å²) in [5.74, 6) is -0.000658. The zero-order valence-electron chi connectivity index (χ0n) is 11.7. The van der Waals surface area contributed by atoms with Crippen molar-refractivity contribution in [1.29, 1.82) is 0 Å². The number of epoxide rings is 1. The third-order valence-corrected chi connectivity index (χ3v) is 3.13. The van der Waals surface area contributed by atoms with Crippen LogP contribution in [0.1, 0.15) is 33.6 Å². The summed E-state index contributed by atoms with van der Waals surface area (Å²) in [6.07, 6.45) is 1.88. The highest BCUT2D eigenvalue weighted by Gasteiger charge is 2.49. The molecule has 1 aliphatic heterocycles. The minimum atomic E-state index is -0.743. The lowest BCUT2D eigenvalue weighted by Gasteiger charge is -2.20. The first kappa shape index (κ1) is 15.6. The Morgan fingerprint density at radius 2 is 2.00 bits per heavy atom. The Morgan fingerprint density at radius 3 is 2.47 bits per heavy atom. The van der Waals surface area contributed by atoms with Crippen LogP contribution in [0.2, 0.25) is 0 Å². The van der Waals surface area contributed by atoms with Crippen LogP contribution in [0.4, 0.5) is 0 Å². The molecule has 108 valence electrons. The minimum Gasteiger partial charge on any atom is -0.361 e. The van der Waals surface area contributed by atoms with E-state index < -0.39 is 11.6 Å². The Labute approximate surface area is 113 Å². The highest BCUT2D eigenvalue weighted by atomic mass is 16.6. The van der Waals surface area contributed by atoms with Gasteiger partial charge in [-0.3, -0.25) is 14.4 Å². The van der Waals surface area contributed by atoms with Crippen molar-refractivity contribution in [3.63, 3.8) is 0 Å². The maximum absolute atomic E-state index is 12.2. The molecule has 2 atom stereocenters. The first-order chi connectivity index (χ1) is 8.89. The van der Waals surface area contributed by atoms with E-state index in [2.05, 4.69) is 24.5 Å². The lowest BCUT2D eigenvalue weighted by molar-refractivity contribution is -0.130. The van der Waals surface area contributed by atoms with Crippen LogP contribution >= 0.6 is 0 Å². The van der Waals surface area contributed by atoms with Crippen LogP contribution in [0.5, 0.6) is 0 Å². The van der Waals surface area contributed by atoms with Crippen molar-refractivity contribution >= 4 is 18.1 Å². The van der Waals surface area contributed by atoms with Gasteiger partial charge in [-0.15, -0.1) is 0 Å². The van der Waals surface area contributed by atoms with Crippen LogP contribution < -0.4 is 10.6 Å². The second-order valence-electron chi connectivity index (χ2n) is 5.47. The number of amides is 2. The Kier molecular flexibility index (Phi) is 5.47. The third kappa shape index (κ3) is 4.98. The molecular weight excluding hydrogens is 248 g/mol. The van der Waals surface area contributed by atoms with Crippen LogP contribution in [-0.4, -0.2) is 42.9 Å². The molecule has 0 bridgehead atoms. The third-order valence-electron chi connectivity index (χ3n) is 3.13. The highest BCUT2D eigenvalue weighted by Crippen LogP contribution is 2.29. The molecule has 0 radical (unpaired) electrons. The van der Waals surface area contributed by atoms with E-state index in [0.717, 1.165) is 6.42 Å². The molecule has 6 heteroatoms. The van der Waals surface area contributed by atoms with Gasteiger partial charge >= 0.3 is 0 Å². The van der Waals surface area contributed by atoms with E-state index in [0.29, 0.717) is 25.4 Å². The summed E-state index contributed by atoms with van der Waals surface area (Å²) < 4.78 is 5.14. The van der Waals surface area contributed by atoms with Gasteiger partial charge in [0, 0.05) is 0 Å². The zero-order valence-corrected chi connectivity index (χ0v) is 11.7. The molecule has 0 aromatic carbocycles. The number of ketones is 1. The second kappa shape index (κ2) is 6.65. The van der Waals surface area contributed by atoms with Gasteiger partial charge in [-0.25, -0.2) is 0 Å². The quantitative estimate of drug-likeness (QED) is 0.456. The number of hydrogen-bond donors (Lipinski definition) is 2. The molecule has 1 rings (SSSR count). The Balaban J connectivity index is 2.55. The largest absolute Gasteiger partial charge is 0.361 e. The van der Waals surface area contributed by atoms with Gasteiger partial charge in [0.25, 0.3) is 0 Å². The summed E-state index contributed by atoms with van der Waals surface area (Å²) in [7, 11) is 0. The van der Waals surface area contributed by atoms with Crippen molar-refractivity contribution in [3.05, 3.63) is 0 Å². The van der Waals surface area contributed by atoms with E-state index in [9.17, 15) is 14.4 Å². The van der Waals surface area contributed by atoms with Crippen LogP contribution in [-0.2, 0) is 19.1 Å². The van der Waals surface area contributed by atoms with E-state index in [1.54, 1.807) is 6.92 Å². The summed E-state index contributed by atoms with van der Waals surface area (Å²) in [5, 5.41) is 4.94. The topological polar surface area (TPSA) is 87.8 Å². The number of hydrogen-bond acceptors (Lipinski definition) is 4. The summed E-state index contributed by atoms with van der Waals surface area (Å²) in [4.78, 5) is 33.9. The van der Waals surface area contributed by atoms with Crippen LogP contribution in [0, 0.1) is 5.92 Å². The first-order valence-corrected chi connectivity index (χ1v) is 6.53. The van der Waals surface area contributed by atoms with Crippen molar-refractivity contribution in [2.45, 2.75) is 45.3 Å². The number of nitrogens with one attached hydrogen (secondary N) is 2. The summed E-state index contributed by atoms with van der Waals surface area (Å²) in [6, 6.07) is -0.546. The molecule has 2 amide bonds. The van der Waals surface area contributed by atoms with Gasteiger partial charge in [0.15, 0.2) is 5.78 Å². The average Bonchev–Trinajstić information content (AvgIpc) is 3.10. The van der Waals surface area contributed by atoms with Gasteiger partial charge < -0.3 is 15.4 Å². The second-order valence-corrected chi connectivity index (χ2v) is 5.47. The van der Waals surface area contributed by atoms with Gasteiger partial charge in [0.1, 0.15) is 5.60 Å². The number of ether oxygens (including phenoxy) is 1. The number of carbonyl (C=O) groups is 3. The molecule has 0 aromatic heterocycles. The molecule has 1 fully saturated rings. The molecule has 1 aliphatic rings. The Hall–Kier alpha value is -1.43. The van der Waals surface area contributed by atoms with Gasteiger partial charge in [0.2, 0.25) is 12.3 Å². The predicted octanol–water partition coefficient (Wildman–Crippen LogP) is 0.0114. The zero-order chi connectivity index (χ0) is 14.5. The molecule has 0 aromatic rings. The fraction of sp³-hybridized carbons (Fsp3) is 0.769. The highest BCUT2D eigenvalue weighted by molar-refractivity contribution is 5.96. The fourth-order valence-electron chi connectivity index (χ4n) is 1.77. The van der Waals surface area contributed by atoms with Crippen LogP contribution in [0.15, 0.2) is 0 Å². The van der Waals surface area contributed by atoms with Crippen molar-refractivity contribution in [1.82, 2.24) is 10.6 Å². The van der Waals surface area contributed by atoms with Gasteiger partial charge in [-0.1, -0.05) is 13.8 Å². The first-order valence-electron chi connectivity index (χ1n) is 6.53. The molecule has 6 nitrogen and oxygen atoms in total. The summed E-state index contributed by atoms with van der Waals surface area (Å²) in [5.41, 5.74) is -0.743. The lowest BCUT2D eigenvalue weighted by atomic mass is 9.94. The maximum atomic E-state index is 12.2. The fourth-order valence-corrected chi connectivity index (χ4v) is 1.77. The molecule has 0 spiro atoms. The predicted molar refractivity (Wildman–Crippen MR) is 69.4 cm³/mol. The molecular formula is C13H22N2O4. The SMILES string of the molecule is CC(C)CC[C@H](NC(=O)CNC=O)C(=O)C1(C)CO1. The van der Waals surface area contributed by atoms with Gasteiger partial charge in [0.05, 0.1) is 19.2 Å². The Bertz CT molecular complexity index is 351. The Morgan fingerprint density at radius 1 is 1.37 bits per heavy atom. The molecule has 0 aliphatic carbocycles. The van der Waals surface area contributed by atoms with Crippen molar-refractivity contribution in [2.24, 2.45) is 5.92 Å². The minimum absolute atomic E-state index is 0.0902. The standard InChI is InChI=1S/C13H22N2O4/c1-9(2)4-5-10(12(18)13(3)7-19-13)15-11(17)6-14-8-16/h8-10H,4-7H2,1-3H3,(H,14,16)(H,15,17)/t10-,13?/m0/s1. The van der Waals surface area contributed by atoms with Gasteiger partial charge in [-0.05, 0) is 25.7 Å². The lowest BCUT2D eigenvalue weighted by Crippen LogP contribution is -2.48. The van der Waals surface area contributed by atoms with E-state index >= 15 is 0 Å². The number of rotatable bonds is 9. The van der Waals surface area contributed by atoms with Crippen LogP contribution in [0.25, 0.3) is 0 Å². The monoisotopic (exact) mass is 270 g/mol. The maximum Gasteiger partial charge on any atom is 0.239 e. The average molecular weight is 270 g/mol. The molecule has 1 heterocycles. The smallest absolute Gasteiger partial charge is 0.239 e. The number of carbonyl (C=O) groups excluding carboxylic acids is 3. The molecule has 1 unspecified atom stereocenters. The van der Waals surface area contributed by atoms with Crippen molar-refractivity contribution in [3.8, 4) is 0 Å². The van der Waals surface area contributed by atoms with Crippen molar-refractivity contribution < 1.29 is 19.1 Å². The summed E-state index contributed by atoms with van der Waals surface area (Å²) in [6.45, 7) is 6.14. The molecule has 1 saturated heterocycles. The van der Waals surface area contributed by atoms with E-state index in [4.69, 9.17) is 4.74 Å². The molecule has 0 saturated carbocycles. The molecule has 19 heavy (non-hydrogen) atoms. The van der Waals surface area contributed by atoms with Crippen LogP contribution in [0.3, 0.4) is 0 Å². The van der Waals surface area contributed by atoms with E-state index in [-0.39, 0.29) is 18.2 Å². The normalized spacial score (nSPS) is 22.7. The van der Waals surface area contributed by atoms with Crippen molar-refractivity contribution in [2.75, 3.05) is 13.2 Å². The summed E-state index contributed by atoms with van der Waals surface area (Å²) >= 11 is 0.